The molecule has 188 valence electrons. The van der Waals surface area contributed by atoms with E-state index in [2.05, 4.69) is 63.8 Å². The molecule has 8 heteroatoms. The van der Waals surface area contributed by atoms with Gasteiger partial charge in [0.05, 0.1) is 13.2 Å². The molecule has 3 aliphatic rings. The van der Waals surface area contributed by atoms with Gasteiger partial charge in [-0.3, -0.25) is 0 Å². The molecular formula is C27H38N6OS. The minimum atomic E-state index is 0.138. The fourth-order valence-electron chi connectivity index (χ4n) is 5.80. The average Bonchev–Trinajstić information content (AvgIpc) is 3.39. The summed E-state index contributed by atoms with van der Waals surface area (Å²) in [6.07, 6.45) is 7.38. The van der Waals surface area contributed by atoms with Gasteiger partial charge < -0.3 is 25.2 Å². The van der Waals surface area contributed by atoms with Crippen LogP contribution in [0.1, 0.15) is 51.0 Å². The molecule has 35 heavy (non-hydrogen) atoms. The van der Waals surface area contributed by atoms with Crippen LogP contribution in [-0.2, 0) is 10.2 Å². The molecule has 2 aliphatic heterocycles. The van der Waals surface area contributed by atoms with Crippen molar-refractivity contribution in [2.45, 2.75) is 50.9 Å². The Labute approximate surface area is 214 Å². The first kappa shape index (κ1) is 24.3. The number of benzene rings is 1. The molecular weight excluding hydrogens is 456 g/mol. The highest BCUT2D eigenvalue weighted by molar-refractivity contribution is 7.80. The predicted octanol–water partition coefficient (Wildman–Crippen LogP) is 4.35. The number of hydrogen-bond donors (Lipinski definition) is 2. The van der Waals surface area contributed by atoms with E-state index in [0.717, 1.165) is 57.6 Å². The average molecular weight is 495 g/mol. The molecule has 3 heterocycles. The van der Waals surface area contributed by atoms with E-state index in [9.17, 15) is 0 Å². The summed E-state index contributed by atoms with van der Waals surface area (Å²) in [6.45, 7) is 8.34. The molecule has 3 fully saturated rings. The Balaban J connectivity index is 1.31. The largest absolute Gasteiger partial charge is 0.378 e. The van der Waals surface area contributed by atoms with Gasteiger partial charge in [0.25, 0.3) is 0 Å². The van der Waals surface area contributed by atoms with E-state index >= 15 is 0 Å². The van der Waals surface area contributed by atoms with Crippen LogP contribution in [0.2, 0.25) is 0 Å². The standard InChI is InChI=1S/C27H38N6OS/c1-21-8-7-13-33(19-21)24-18-23(32-14-16-34-17-15-32)29-25(30-24)31-26(35)28-20-27(11-5-6-12-27)22-9-3-2-4-10-22/h2-4,9-10,18,21H,5-8,11-17,19-20H2,1H3,(H2,28,29,30,31,35)/t21-/m1/s1. The SMILES string of the molecule is C[C@@H]1CCCN(c2cc(N3CCOCC3)nc(NC(=S)NCC3(c4ccccc4)CCCC3)n2)C1. The number of anilines is 3. The van der Waals surface area contributed by atoms with Gasteiger partial charge in [-0.05, 0) is 49.4 Å². The third-order valence-corrected chi connectivity index (χ3v) is 8.02. The highest BCUT2D eigenvalue weighted by Crippen LogP contribution is 2.40. The third-order valence-electron chi connectivity index (χ3n) is 7.77. The number of rotatable bonds is 6. The summed E-state index contributed by atoms with van der Waals surface area (Å²) in [7, 11) is 0. The van der Waals surface area contributed by atoms with Crippen LogP contribution >= 0.6 is 12.2 Å². The predicted molar refractivity (Wildman–Crippen MR) is 146 cm³/mol. The van der Waals surface area contributed by atoms with E-state index in [1.807, 2.05) is 0 Å². The monoisotopic (exact) mass is 494 g/mol. The molecule has 7 nitrogen and oxygen atoms in total. The molecule has 1 aromatic heterocycles. The van der Waals surface area contributed by atoms with Crippen LogP contribution in [0.3, 0.4) is 0 Å². The first-order chi connectivity index (χ1) is 17.1. The van der Waals surface area contributed by atoms with Crippen LogP contribution in [0.25, 0.3) is 0 Å². The third kappa shape index (κ3) is 5.86. The van der Waals surface area contributed by atoms with Gasteiger partial charge in [0.15, 0.2) is 5.11 Å². The van der Waals surface area contributed by atoms with E-state index in [-0.39, 0.29) is 5.41 Å². The summed E-state index contributed by atoms with van der Waals surface area (Å²) in [5, 5.41) is 7.42. The smallest absolute Gasteiger partial charge is 0.232 e. The summed E-state index contributed by atoms with van der Waals surface area (Å²) in [4.78, 5) is 14.4. The van der Waals surface area contributed by atoms with E-state index in [1.54, 1.807) is 0 Å². The number of thiocarbonyl (C=S) groups is 1. The van der Waals surface area contributed by atoms with E-state index in [4.69, 9.17) is 26.9 Å². The molecule has 2 aromatic rings. The first-order valence-electron chi connectivity index (χ1n) is 13.2. The van der Waals surface area contributed by atoms with Gasteiger partial charge >= 0.3 is 0 Å². The number of hydrogen-bond acceptors (Lipinski definition) is 6. The van der Waals surface area contributed by atoms with Crippen molar-refractivity contribution in [2.24, 2.45) is 5.92 Å². The molecule has 1 atom stereocenters. The van der Waals surface area contributed by atoms with Crippen molar-refractivity contribution in [3.8, 4) is 0 Å². The van der Waals surface area contributed by atoms with E-state index in [1.165, 1.54) is 44.1 Å². The minimum absolute atomic E-state index is 0.138. The molecule has 0 unspecified atom stereocenters. The summed E-state index contributed by atoms with van der Waals surface area (Å²) < 4.78 is 5.56. The van der Waals surface area contributed by atoms with Gasteiger partial charge in [-0.1, -0.05) is 50.1 Å². The molecule has 1 aromatic carbocycles. The molecule has 2 saturated heterocycles. The lowest BCUT2D eigenvalue weighted by molar-refractivity contribution is 0.122. The van der Waals surface area contributed by atoms with Crippen LogP contribution < -0.4 is 20.4 Å². The quantitative estimate of drug-likeness (QED) is 0.575. The highest BCUT2D eigenvalue weighted by Gasteiger charge is 2.35. The summed E-state index contributed by atoms with van der Waals surface area (Å²) in [5.41, 5.74) is 1.54. The van der Waals surface area contributed by atoms with Crippen LogP contribution in [-0.4, -0.2) is 61.0 Å². The Morgan fingerprint density at radius 1 is 1.03 bits per heavy atom. The number of nitrogens with one attached hydrogen (secondary N) is 2. The van der Waals surface area contributed by atoms with Crippen molar-refractivity contribution in [3.63, 3.8) is 0 Å². The van der Waals surface area contributed by atoms with Crippen LogP contribution in [0, 0.1) is 5.92 Å². The summed E-state index contributed by atoms with van der Waals surface area (Å²) >= 11 is 5.74. The van der Waals surface area contributed by atoms with Crippen molar-refractivity contribution in [2.75, 3.05) is 61.1 Å². The Bertz CT molecular complexity index is 990. The van der Waals surface area contributed by atoms with Crippen molar-refractivity contribution >= 4 is 34.9 Å². The van der Waals surface area contributed by atoms with Crippen LogP contribution in [0.4, 0.5) is 17.6 Å². The Morgan fingerprint density at radius 3 is 2.46 bits per heavy atom. The van der Waals surface area contributed by atoms with Gasteiger partial charge in [0, 0.05) is 44.2 Å². The van der Waals surface area contributed by atoms with Gasteiger partial charge in [0.1, 0.15) is 11.6 Å². The number of ether oxygens (including phenoxy) is 1. The molecule has 1 aliphatic carbocycles. The number of aromatic nitrogens is 2. The number of nitrogens with zero attached hydrogens (tertiary/aromatic N) is 4. The first-order valence-corrected chi connectivity index (χ1v) is 13.6. The van der Waals surface area contributed by atoms with Gasteiger partial charge in [0.2, 0.25) is 5.95 Å². The number of piperidine rings is 1. The van der Waals surface area contributed by atoms with Gasteiger partial charge in [-0.15, -0.1) is 0 Å². The normalized spacial score (nSPS) is 22.1. The van der Waals surface area contributed by atoms with Crippen molar-refractivity contribution < 1.29 is 4.74 Å². The molecule has 5 rings (SSSR count). The zero-order valence-electron chi connectivity index (χ0n) is 20.8. The van der Waals surface area contributed by atoms with Crippen molar-refractivity contribution in [3.05, 3.63) is 42.0 Å². The fraction of sp³-hybridized carbons (Fsp3) is 0.593. The van der Waals surface area contributed by atoms with Gasteiger partial charge in [-0.2, -0.15) is 9.97 Å². The second-order valence-corrected chi connectivity index (χ2v) is 10.8. The van der Waals surface area contributed by atoms with Crippen molar-refractivity contribution in [1.29, 1.82) is 0 Å². The van der Waals surface area contributed by atoms with E-state index < -0.39 is 0 Å². The van der Waals surface area contributed by atoms with Crippen LogP contribution in [0.5, 0.6) is 0 Å². The Hall–Kier alpha value is -2.45. The summed E-state index contributed by atoms with van der Waals surface area (Å²) in [6, 6.07) is 13.0. The molecule has 0 radical (unpaired) electrons. The fourth-order valence-corrected chi connectivity index (χ4v) is 5.96. The van der Waals surface area contributed by atoms with Gasteiger partial charge in [-0.25, -0.2) is 0 Å². The topological polar surface area (TPSA) is 65.6 Å². The lowest BCUT2D eigenvalue weighted by Crippen LogP contribution is -2.41. The molecule has 0 amide bonds. The molecule has 0 bridgehead atoms. The zero-order chi connectivity index (χ0) is 24.1. The minimum Gasteiger partial charge on any atom is -0.378 e. The molecule has 2 N–H and O–H groups in total. The maximum Gasteiger partial charge on any atom is 0.232 e. The maximum absolute atomic E-state index is 5.74. The molecule has 0 spiro atoms. The summed E-state index contributed by atoms with van der Waals surface area (Å²) in [5.74, 6) is 3.17. The maximum atomic E-state index is 5.74. The van der Waals surface area contributed by atoms with E-state index in [0.29, 0.717) is 17.0 Å². The number of morpholine rings is 1. The molecule has 1 saturated carbocycles. The Morgan fingerprint density at radius 2 is 1.74 bits per heavy atom. The second-order valence-electron chi connectivity index (χ2n) is 10.4. The highest BCUT2D eigenvalue weighted by atomic mass is 32.1. The second kappa shape index (κ2) is 11.1. The van der Waals surface area contributed by atoms with Crippen LogP contribution in [0.15, 0.2) is 36.4 Å². The van der Waals surface area contributed by atoms with Crippen molar-refractivity contribution in [1.82, 2.24) is 15.3 Å². The lowest BCUT2D eigenvalue weighted by Gasteiger charge is -2.33. The Kier molecular flexibility index (Phi) is 7.68. The lowest BCUT2D eigenvalue weighted by atomic mass is 9.79. The zero-order valence-corrected chi connectivity index (χ0v) is 21.7.